The highest BCUT2D eigenvalue weighted by Crippen LogP contribution is 2.03. The number of rotatable bonds is 10. The maximum Gasteiger partial charge on any atom is 0.328 e. The minimum absolute atomic E-state index is 0.558. The highest BCUT2D eigenvalue weighted by molar-refractivity contribution is 5.89. The number of aliphatic carboxylic acids is 2. The molecular formula is C20H44N2O4+2. The molecule has 0 unspecified atom stereocenters. The maximum absolute atomic E-state index is 9.55. The molecule has 0 aliphatic rings. The van der Waals surface area contributed by atoms with Crippen LogP contribution in [0.5, 0.6) is 0 Å². The Morgan fingerprint density at radius 3 is 0.731 bits per heavy atom. The van der Waals surface area contributed by atoms with E-state index in [9.17, 15) is 9.59 Å². The summed E-state index contributed by atoms with van der Waals surface area (Å²) in [5, 5.41) is 15.6. The fourth-order valence-electron chi connectivity index (χ4n) is 2.83. The lowest BCUT2D eigenvalue weighted by molar-refractivity contribution is -0.921. The molecule has 0 rings (SSSR count). The summed E-state index contributed by atoms with van der Waals surface area (Å²) >= 11 is 0. The number of quaternary nitrogens is 2. The van der Waals surface area contributed by atoms with Gasteiger partial charge in [-0.2, -0.15) is 0 Å². The minimum Gasteiger partial charge on any atom is -0.478 e. The Hall–Kier alpha value is -1.40. The van der Waals surface area contributed by atoms with Crippen LogP contribution in [-0.2, 0) is 9.59 Å². The van der Waals surface area contributed by atoms with Crippen LogP contribution in [0.3, 0.4) is 0 Å². The summed E-state index contributed by atoms with van der Waals surface area (Å²) in [4.78, 5) is 19.1. The normalized spacial score (nSPS) is 11.2. The quantitative estimate of drug-likeness (QED) is 0.452. The summed E-state index contributed by atoms with van der Waals surface area (Å²) in [7, 11) is 0. The Morgan fingerprint density at radius 1 is 0.538 bits per heavy atom. The zero-order valence-corrected chi connectivity index (χ0v) is 18.4. The van der Waals surface area contributed by atoms with Gasteiger partial charge < -0.3 is 19.2 Å². The molecule has 0 saturated heterocycles. The molecule has 0 atom stereocenters. The van der Waals surface area contributed by atoms with E-state index in [0.717, 1.165) is 0 Å². The van der Waals surface area contributed by atoms with Gasteiger partial charge in [0.1, 0.15) is 0 Å². The van der Waals surface area contributed by atoms with Gasteiger partial charge >= 0.3 is 11.9 Å². The Balaban J connectivity index is -0.000000306. The van der Waals surface area contributed by atoms with Crippen LogP contribution in [0, 0.1) is 0 Å². The number of carboxylic acid groups (broad SMARTS) is 2. The third-order valence-electron chi connectivity index (χ3n) is 5.74. The van der Waals surface area contributed by atoms with E-state index in [1.807, 2.05) is 0 Å². The van der Waals surface area contributed by atoms with E-state index in [4.69, 9.17) is 10.2 Å². The van der Waals surface area contributed by atoms with Gasteiger partial charge in [0.25, 0.3) is 0 Å². The second kappa shape index (κ2) is 17.0. The van der Waals surface area contributed by atoms with Crippen LogP contribution in [0.2, 0.25) is 0 Å². The van der Waals surface area contributed by atoms with Crippen LogP contribution >= 0.6 is 0 Å². The smallest absolute Gasteiger partial charge is 0.328 e. The van der Waals surface area contributed by atoms with Crippen LogP contribution < -0.4 is 0 Å². The largest absolute Gasteiger partial charge is 0.478 e. The van der Waals surface area contributed by atoms with Crippen molar-refractivity contribution in [3.63, 3.8) is 0 Å². The molecule has 0 heterocycles. The van der Waals surface area contributed by atoms with Crippen LogP contribution in [0.4, 0.5) is 0 Å². The Morgan fingerprint density at radius 2 is 0.692 bits per heavy atom. The average Bonchev–Trinajstić information content (AvgIpc) is 2.66. The molecule has 156 valence electrons. The highest BCUT2D eigenvalue weighted by Gasteiger charge is 2.16. The van der Waals surface area contributed by atoms with Crippen molar-refractivity contribution in [1.29, 1.82) is 0 Å². The Kier molecular flexibility index (Phi) is 19.2. The van der Waals surface area contributed by atoms with Gasteiger partial charge in [-0.15, -0.1) is 0 Å². The molecule has 0 aromatic carbocycles. The van der Waals surface area contributed by atoms with Gasteiger partial charge in [-0.05, 0) is 55.4 Å². The fraction of sp³-hybridized carbons (Fsp3) is 0.800. The summed E-state index contributed by atoms with van der Waals surface area (Å²) < 4.78 is 2.56. The molecule has 0 spiro atoms. The second-order valence-electron chi connectivity index (χ2n) is 6.22. The van der Waals surface area contributed by atoms with Crippen molar-refractivity contribution >= 4 is 11.9 Å². The predicted molar refractivity (Wildman–Crippen MR) is 109 cm³/mol. The Bertz CT molecular complexity index is 316. The molecule has 2 N–H and O–H groups in total. The monoisotopic (exact) mass is 376 g/mol. The molecule has 0 radical (unpaired) electrons. The van der Waals surface area contributed by atoms with E-state index in [2.05, 4.69) is 55.4 Å². The van der Waals surface area contributed by atoms with Crippen molar-refractivity contribution < 1.29 is 28.8 Å². The summed E-state index contributed by atoms with van der Waals surface area (Å²) in [6.45, 7) is 28.4. The van der Waals surface area contributed by atoms with Crippen LogP contribution in [-0.4, -0.2) is 83.5 Å². The standard InChI is InChI=1S/2C8H20N.C4H4O4/c2*1-5-9(6-2,7-3)8-4;5-3(6)1-2-4(7)8/h2*5-8H2,1-4H3;1-2H,(H,5,6)(H,7,8)/q2*+1;/b;;2-1+. The third-order valence-corrected chi connectivity index (χ3v) is 5.74. The molecular weight excluding hydrogens is 332 g/mol. The number of nitrogens with zero attached hydrogens (tertiary/aromatic N) is 2. The fourth-order valence-corrected chi connectivity index (χ4v) is 2.83. The van der Waals surface area contributed by atoms with Gasteiger partial charge in [-0.1, -0.05) is 0 Å². The minimum atomic E-state index is -1.26. The lowest BCUT2D eigenvalue weighted by Gasteiger charge is -2.34. The van der Waals surface area contributed by atoms with Crippen LogP contribution in [0.1, 0.15) is 55.4 Å². The molecule has 6 heteroatoms. The van der Waals surface area contributed by atoms with Crippen molar-refractivity contribution in [2.75, 3.05) is 52.4 Å². The van der Waals surface area contributed by atoms with E-state index < -0.39 is 11.9 Å². The summed E-state index contributed by atoms with van der Waals surface area (Å²) in [5.74, 6) is -2.51. The van der Waals surface area contributed by atoms with Gasteiger partial charge in [0, 0.05) is 12.2 Å². The van der Waals surface area contributed by atoms with Crippen molar-refractivity contribution in [3.8, 4) is 0 Å². The first-order chi connectivity index (χ1) is 12.1. The van der Waals surface area contributed by atoms with Crippen molar-refractivity contribution in [3.05, 3.63) is 12.2 Å². The van der Waals surface area contributed by atoms with Crippen LogP contribution in [0.25, 0.3) is 0 Å². The molecule has 26 heavy (non-hydrogen) atoms. The number of carbonyl (C=O) groups is 2. The van der Waals surface area contributed by atoms with Gasteiger partial charge in [-0.25, -0.2) is 9.59 Å². The van der Waals surface area contributed by atoms with Crippen molar-refractivity contribution in [2.24, 2.45) is 0 Å². The molecule has 0 saturated carbocycles. The number of hydrogen-bond acceptors (Lipinski definition) is 2. The van der Waals surface area contributed by atoms with Crippen molar-refractivity contribution in [1.82, 2.24) is 0 Å². The van der Waals surface area contributed by atoms with E-state index in [-0.39, 0.29) is 0 Å². The third kappa shape index (κ3) is 13.8. The molecule has 0 aromatic rings. The first-order valence-electron chi connectivity index (χ1n) is 9.95. The number of carboxylic acids is 2. The lowest BCUT2D eigenvalue weighted by Crippen LogP contribution is -2.47. The predicted octanol–water partition coefficient (Wildman–Crippen LogP) is 3.48. The van der Waals surface area contributed by atoms with Gasteiger partial charge in [0.05, 0.1) is 52.4 Å². The molecule has 0 aromatic heterocycles. The summed E-state index contributed by atoms with van der Waals surface area (Å²) in [6.07, 6.45) is 1.12. The first kappa shape index (κ1) is 29.4. The summed E-state index contributed by atoms with van der Waals surface area (Å²) in [6, 6.07) is 0. The lowest BCUT2D eigenvalue weighted by atomic mass is 10.3. The van der Waals surface area contributed by atoms with E-state index >= 15 is 0 Å². The van der Waals surface area contributed by atoms with Crippen molar-refractivity contribution in [2.45, 2.75) is 55.4 Å². The van der Waals surface area contributed by atoms with Gasteiger partial charge in [-0.3, -0.25) is 0 Å². The molecule has 0 fully saturated rings. The maximum atomic E-state index is 9.55. The zero-order valence-electron chi connectivity index (χ0n) is 18.4. The van der Waals surface area contributed by atoms with E-state index in [1.54, 1.807) is 0 Å². The SMILES string of the molecule is CC[N+](CC)(CC)CC.CC[N+](CC)(CC)CC.O=C(O)/C=C/C(=O)O. The number of hydrogen-bond donors (Lipinski definition) is 2. The van der Waals surface area contributed by atoms with Crippen LogP contribution in [0.15, 0.2) is 12.2 Å². The summed E-state index contributed by atoms with van der Waals surface area (Å²) in [5.41, 5.74) is 0. The molecule has 6 nitrogen and oxygen atoms in total. The van der Waals surface area contributed by atoms with E-state index in [1.165, 1.54) is 61.3 Å². The molecule has 0 aliphatic heterocycles. The molecule has 0 amide bonds. The van der Waals surface area contributed by atoms with Gasteiger partial charge in [0.15, 0.2) is 0 Å². The average molecular weight is 377 g/mol. The topological polar surface area (TPSA) is 74.6 Å². The highest BCUT2D eigenvalue weighted by atomic mass is 16.4. The van der Waals surface area contributed by atoms with E-state index in [0.29, 0.717) is 12.2 Å². The first-order valence-corrected chi connectivity index (χ1v) is 9.95. The molecule has 0 aliphatic carbocycles. The Labute approximate surface area is 161 Å². The second-order valence-corrected chi connectivity index (χ2v) is 6.22. The molecule has 0 bridgehead atoms. The van der Waals surface area contributed by atoms with Gasteiger partial charge in [0.2, 0.25) is 0 Å². The zero-order chi connectivity index (χ0) is 21.2.